The first kappa shape index (κ1) is 13.1. The molecule has 0 radical (unpaired) electrons. The molecule has 3 rings (SSSR count). The van der Waals surface area contributed by atoms with Crippen LogP contribution >= 0.6 is 0 Å². The summed E-state index contributed by atoms with van der Waals surface area (Å²) in [7, 11) is 0. The zero-order chi connectivity index (χ0) is 14.3. The van der Waals surface area contributed by atoms with Gasteiger partial charge in [0, 0.05) is 0 Å². The minimum absolute atomic E-state index is 0.228. The summed E-state index contributed by atoms with van der Waals surface area (Å²) < 4.78 is 7.04. The van der Waals surface area contributed by atoms with Crippen LogP contribution in [0.4, 0.5) is 5.82 Å². The highest BCUT2D eigenvalue weighted by Gasteiger charge is 2.45. The van der Waals surface area contributed by atoms with Crippen LogP contribution in [-0.4, -0.2) is 54.7 Å². The summed E-state index contributed by atoms with van der Waals surface area (Å²) in [5.41, 5.74) is 6.51. The Morgan fingerprint density at radius 2 is 2.20 bits per heavy atom. The fourth-order valence-electron chi connectivity index (χ4n) is 2.32. The highest BCUT2D eigenvalue weighted by Crippen LogP contribution is 2.32. The summed E-state index contributed by atoms with van der Waals surface area (Å²) in [6, 6.07) is 0. The molecule has 3 heterocycles. The largest absolute Gasteiger partial charge is 0.394 e. The van der Waals surface area contributed by atoms with Crippen molar-refractivity contribution in [2.45, 2.75) is 24.5 Å². The molecule has 0 spiro atoms. The SMILES string of the molecule is NO[C@H]1[C@@H](O)[C@H](n2cnc3c(N)ncnc32)O[C@@H]1CO. The van der Waals surface area contributed by atoms with Crippen LogP contribution in [0.2, 0.25) is 0 Å². The van der Waals surface area contributed by atoms with E-state index in [1.807, 2.05) is 0 Å². The molecule has 2 aromatic heterocycles. The van der Waals surface area contributed by atoms with Gasteiger partial charge in [0.05, 0.1) is 12.9 Å². The normalized spacial score (nSPS) is 30.1. The van der Waals surface area contributed by atoms with E-state index in [0.717, 1.165) is 0 Å². The summed E-state index contributed by atoms with van der Waals surface area (Å²) in [5.74, 6) is 5.35. The van der Waals surface area contributed by atoms with Gasteiger partial charge < -0.3 is 20.7 Å². The first-order valence-electron chi connectivity index (χ1n) is 5.90. The summed E-state index contributed by atoms with van der Waals surface area (Å²) in [5, 5.41) is 19.4. The Kier molecular flexibility index (Phi) is 3.23. The molecule has 1 aliphatic heterocycles. The molecular formula is C10H14N6O4. The Labute approximate surface area is 112 Å². The van der Waals surface area contributed by atoms with E-state index in [-0.39, 0.29) is 12.4 Å². The molecule has 10 heteroatoms. The van der Waals surface area contributed by atoms with Crippen molar-refractivity contribution in [3.8, 4) is 0 Å². The lowest BCUT2D eigenvalue weighted by Gasteiger charge is -2.17. The van der Waals surface area contributed by atoms with Crippen molar-refractivity contribution in [1.82, 2.24) is 19.5 Å². The summed E-state index contributed by atoms with van der Waals surface area (Å²) in [4.78, 5) is 16.6. The van der Waals surface area contributed by atoms with Gasteiger partial charge in [-0.1, -0.05) is 0 Å². The molecule has 0 unspecified atom stereocenters. The molecule has 0 aliphatic carbocycles. The molecule has 0 amide bonds. The first-order valence-corrected chi connectivity index (χ1v) is 5.90. The molecule has 0 saturated carbocycles. The topological polar surface area (TPSA) is 155 Å². The molecule has 0 bridgehead atoms. The van der Waals surface area contributed by atoms with Crippen LogP contribution in [0.3, 0.4) is 0 Å². The lowest BCUT2D eigenvalue weighted by Crippen LogP contribution is -2.38. The van der Waals surface area contributed by atoms with Gasteiger partial charge in [0.15, 0.2) is 17.7 Å². The third-order valence-electron chi connectivity index (χ3n) is 3.31. The van der Waals surface area contributed by atoms with Crippen LogP contribution in [0.25, 0.3) is 11.2 Å². The van der Waals surface area contributed by atoms with Crippen molar-refractivity contribution in [3.63, 3.8) is 0 Å². The summed E-state index contributed by atoms with van der Waals surface area (Å²) in [6.07, 6.45) is -0.779. The van der Waals surface area contributed by atoms with Gasteiger partial charge >= 0.3 is 0 Å². The van der Waals surface area contributed by atoms with E-state index in [1.165, 1.54) is 17.2 Å². The van der Waals surface area contributed by atoms with Crippen LogP contribution in [-0.2, 0) is 9.57 Å². The smallest absolute Gasteiger partial charge is 0.167 e. The molecule has 10 nitrogen and oxygen atoms in total. The molecule has 108 valence electrons. The van der Waals surface area contributed by atoms with Gasteiger partial charge in [-0.15, -0.1) is 0 Å². The van der Waals surface area contributed by atoms with Crippen molar-refractivity contribution in [2.24, 2.45) is 5.90 Å². The number of nitrogen functional groups attached to an aromatic ring is 1. The molecule has 0 aromatic carbocycles. The van der Waals surface area contributed by atoms with Crippen molar-refractivity contribution < 1.29 is 19.8 Å². The van der Waals surface area contributed by atoms with Crippen LogP contribution in [0.15, 0.2) is 12.7 Å². The zero-order valence-electron chi connectivity index (χ0n) is 10.3. The number of aliphatic hydroxyl groups excluding tert-OH is 2. The number of nitrogens with zero attached hydrogens (tertiary/aromatic N) is 4. The number of nitrogens with two attached hydrogens (primary N) is 2. The predicted molar refractivity (Wildman–Crippen MR) is 65.8 cm³/mol. The van der Waals surface area contributed by atoms with Gasteiger partial charge in [-0.25, -0.2) is 20.8 Å². The standard InChI is InChI=1S/C10H14N6O4/c11-8-5-9(14-2-13-8)16(3-15-5)10-6(18)7(20-12)4(1-17)19-10/h2-4,6-7,10,17-18H,1,12H2,(H2,11,13,14)/t4-,6-,7-,10-/m1/s1. The first-order chi connectivity index (χ1) is 9.67. The van der Waals surface area contributed by atoms with E-state index >= 15 is 0 Å². The number of hydrogen-bond acceptors (Lipinski definition) is 9. The molecular weight excluding hydrogens is 268 g/mol. The number of fused-ring (bicyclic) bond motifs is 1. The van der Waals surface area contributed by atoms with E-state index in [9.17, 15) is 10.2 Å². The van der Waals surface area contributed by atoms with Crippen molar-refractivity contribution in [2.75, 3.05) is 12.3 Å². The minimum atomic E-state index is -1.08. The highest BCUT2D eigenvalue weighted by atomic mass is 16.7. The van der Waals surface area contributed by atoms with Gasteiger partial charge in [-0.3, -0.25) is 9.40 Å². The molecule has 1 aliphatic rings. The maximum atomic E-state index is 10.2. The Morgan fingerprint density at radius 1 is 1.40 bits per heavy atom. The third kappa shape index (κ3) is 1.82. The van der Waals surface area contributed by atoms with Crippen LogP contribution in [0.5, 0.6) is 0 Å². The fraction of sp³-hybridized carbons (Fsp3) is 0.500. The fourth-order valence-corrected chi connectivity index (χ4v) is 2.32. The third-order valence-corrected chi connectivity index (χ3v) is 3.31. The molecule has 6 N–H and O–H groups in total. The number of hydrogen-bond donors (Lipinski definition) is 4. The van der Waals surface area contributed by atoms with Crippen molar-refractivity contribution in [3.05, 3.63) is 12.7 Å². The zero-order valence-corrected chi connectivity index (χ0v) is 10.3. The molecule has 20 heavy (non-hydrogen) atoms. The van der Waals surface area contributed by atoms with E-state index < -0.39 is 24.5 Å². The highest BCUT2D eigenvalue weighted by molar-refractivity contribution is 5.81. The maximum absolute atomic E-state index is 10.2. The number of anilines is 1. The van der Waals surface area contributed by atoms with Crippen molar-refractivity contribution >= 4 is 17.0 Å². The minimum Gasteiger partial charge on any atom is -0.394 e. The molecule has 4 atom stereocenters. The molecule has 1 fully saturated rings. The van der Waals surface area contributed by atoms with E-state index in [2.05, 4.69) is 19.8 Å². The molecule has 2 aromatic rings. The second-order valence-corrected chi connectivity index (χ2v) is 4.42. The Bertz CT molecular complexity index is 619. The predicted octanol–water partition coefficient (Wildman–Crippen LogP) is -2.08. The maximum Gasteiger partial charge on any atom is 0.167 e. The van der Waals surface area contributed by atoms with Gasteiger partial charge in [-0.2, -0.15) is 0 Å². The lowest BCUT2D eigenvalue weighted by atomic mass is 10.1. The Hall–Kier alpha value is -1.85. The Balaban J connectivity index is 2.01. The number of aromatic nitrogens is 4. The van der Waals surface area contributed by atoms with Gasteiger partial charge in [0.25, 0.3) is 0 Å². The number of rotatable bonds is 3. The second-order valence-electron chi connectivity index (χ2n) is 4.42. The van der Waals surface area contributed by atoms with Crippen LogP contribution < -0.4 is 11.6 Å². The van der Waals surface area contributed by atoms with Gasteiger partial charge in [0.1, 0.15) is 30.2 Å². The number of aliphatic hydroxyl groups is 2. The van der Waals surface area contributed by atoms with E-state index in [0.29, 0.717) is 11.2 Å². The van der Waals surface area contributed by atoms with Gasteiger partial charge in [-0.05, 0) is 0 Å². The summed E-state index contributed by atoms with van der Waals surface area (Å²) in [6.45, 7) is -0.334. The second kappa shape index (κ2) is 4.92. The number of imidazole rings is 1. The Morgan fingerprint density at radius 3 is 2.85 bits per heavy atom. The van der Waals surface area contributed by atoms with E-state index in [4.69, 9.17) is 16.4 Å². The summed E-state index contributed by atoms with van der Waals surface area (Å²) >= 11 is 0. The van der Waals surface area contributed by atoms with Crippen molar-refractivity contribution in [1.29, 1.82) is 0 Å². The van der Waals surface area contributed by atoms with Crippen LogP contribution in [0, 0.1) is 0 Å². The lowest BCUT2D eigenvalue weighted by molar-refractivity contribution is -0.0613. The number of ether oxygens (including phenoxy) is 1. The van der Waals surface area contributed by atoms with E-state index in [1.54, 1.807) is 0 Å². The van der Waals surface area contributed by atoms with Crippen LogP contribution in [0.1, 0.15) is 6.23 Å². The monoisotopic (exact) mass is 282 g/mol. The average molecular weight is 282 g/mol. The quantitative estimate of drug-likeness (QED) is 0.464. The average Bonchev–Trinajstić information content (AvgIpc) is 3.00. The van der Waals surface area contributed by atoms with Gasteiger partial charge in [0.2, 0.25) is 0 Å². The molecule has 1 saturated heterocycles.